The summed E-state index contributed by atoms with van der Waals surface area (Å²) in [5.41, 5.74) is 7.44. The van der Waals surface area contributed by atoms with Crippen molar-refractivity contribution in [3.63, 3.8) is 0 Å². The topological polar surface area (TPSA) is 72.2 Å². The average Bonchev–Trinajstić information content (AvgIpc) is 2.36. The molecule has 0 fully saturated rings. The summed E-state index contributed by atoms with van der Waals surface area (Å²) in [6.07, 6.45) is 3.59. The monoisotopic (exact) mass is 282 g/mol. The fourth-order valence-electron chi connectivity index (χ4n) is 1.70. The van der Waals surface area contributed by atoms with E-state index in [0.29, 0.717) is 18.6 Å². The maximum absolute atomic E-state index is 11.7. The highest BCUT2D eigenvalue weighted by molar-refractivity contribution is 7.84. The van der Waals surface area contributed by atoms with Crippen molar-refractivity contribution in [1.82, 2.24) is 5.32 Å². The van der Waals surface area contributed by atoms with E-state index in [1.807, 2.05) is 31.2 Å². The van der Waals surface area contributed by atoms with Gasteiger partial charge in [-0.15, -0.1) is 0 Å². The maximum Gasteiger partial charge on any atom is 0.220 e. The molecule has 1 rings (SSSR count). The van der Waals surface area contributed by atoms with Gasteiger partial charge >= 0.3 is 0 Å². The third-order valence-corrected chi connectivity index (χ3v) is 3.68. The van der Waals surface area contributed by atoms with Crippen molar-refractivity contribution in [3.8, 4) is 0 Å². The highest BCUT2D eigenvalue weighted by atomic mass is 32.2. The number of nitrogens with two attached hydrogens (primary N) is 1. The number of carbonyl (C=O) groups is 1. The summed E-state index contributed by atoms with van der Waals surface area (Å²) in [5, 5.41) is 2.92. The minimum Gasteiger partial charge on any atom is -0.399 e. The summed E-state index contributed by atoms with van der Waals surface area (Å²) in [4.78, 5) is 11.7. The lowest BCUT2D eigenvalue weighted by molar-refractivity contribution is -0.121. The average molecular weight is 282 g/mol. The standard InChI is InChI=1S/C14H22N2O2S/c1-11(9-10-19(2)18)16-14(17)8-5-12-3-6-13(15)7-4-12/h3-4,6-7,11H,5,8-10,15H2,1-2H3,(H,16,17). The van der Waals surface area contributed by atoms with Gasteiger partial charge in [0.15, 0.2) is 0 Å². The fourth-order valence-corrected chi connectivity index (χ4v) is 2.39. The van der Waals surface area contributed by atoms with Crippen molar-refractivity contribution in [2.75, 3.05) is 17.7 Å². The molecule has 0 aromatic heterocycles. The minimum absolute atomic E-state index is 0.0335. The summed E-state index contributed by atoms with van der Waals surface area (Å²) in [5.74, 6) is 0.658. The summed E-state index contributed by atoms with van der Waals surface area (Å²) < 4.78 is 11.0. The first kappa shape index (κ1) is 15.7. The fraction of sp³-hybridized carbons (Fsp3) is 0.500. The smallest absolute Gasteiger partial charge is 0.220 e. The second-order valence-electron chi connectivity index (χ2n) is 4.78. The van der Waals surface area contributed by atoms with E-state index >= 15 is 0 Å². The molecule has 0 bridgehead atoms. The molecule has 1 aromatic rings. The first-order valence-corrected chi connectivity index (χ1v) is 8.14. The number of hydrogen-bond acceptors (Lipinski definition) is 3. The number of rotatable bonds is 7. The molecule has 106 valence electrons. The highest BCUT2D eigenvalue weighted by Crippen LogP contribution is 2.07. The van der Waals surface area contributed by atoms with E-state index in [1.54, 1.807) is 6.26 Å². The van der Waals surface area contributed by atoms with Crippen molar-refractivity contribution >= 4 is 22.4 Å². The molecule has 19 heavy (non-hydrogen) atoms. The molecule has 0 spiro atoms. The highest BCUT2D eigenvalue weighted by Gasteiger charge is 2.08. The molecule has 1 amide bonds. The van der Waals surface area contributed by atoms with E-state index < -0.39 is 10.8 Å². The van der Waals surface area contributed by atoms with E-state index in [9.17, 15) is 9.00 Å². The predicted molar refractivity (Wildman–Crippen MR) is 80.3 cm³/mol. The molecule has 0 aliphatic carbocycles. The Labute approximate surface area is 117 Å². The summed E-state index contributed by atoms with van der Waals surface area (Å²) in [7, 11) is -0.800. The molecule has 2 atom stereocenters. The lowest BCUT2D eigenvalue weighted by atomic mass is 10.1. The Hall–Kier alpha value is -1.36. The zero-order chi connectivity index (χ0) is 14.3. The molecule has 0 aliphatic heterocycles. The molecule has 0 aliphatic rings. The van der Waals surface area contributed by atoms with Gasteiger partial charge in [-0.2, -0.15) is 0 Å². The lowest BCUT2D eigenvalue weighted by Gasteiger charge is -2.13. The first-order chi connectivity index (χ1) is 8.97. The van der Waals surface area contributed by atoms with Crippen LogP contribution in [0.4, 0.5) is 5.69 Å². The predicted octanol–water partition coefficient (Wildman–Crippen LogP) is 1.47. The number of benzene rings is 1. The van der Waals surface area contributed by atoms with Crippen LogP contribution in [0.1, 0.15) is 25.3 Å². The Morgan fingerprint density at radius 1 is 1.37 bits per heavy atom. The zero-order valence-corrected chi connectivity index (χ0v) is 12.3. The van der Waals surface area contributed by atoms with Crippen LogP contribution in [-0.2, 0) is 22.0 Å². The van der Waals surface area contributed by atoms with Gasteiger partial charge in [-0.25, -0.2) is 0 Å². The molecule has 2 unspecified atom stereocenters. The Balaban J connectivity index is 2.27. The Morgan fingerprint density at radius 2 is 2.00 bits per heavy atom. The molecule has 3 N–H and O–H groups in total. The third-order valence-electron chi connectivity index (χ3n) is 2.87. The van der Waals surface area contributed by atoms with E-state index in [1.165, 1.54) is 0 Å². The third kappa shape index (κ3) is 6.96. The van der Waals surface area contributed by atoms with Crippen molar-refractivity contribution in [3.05, 3.63) is 29.8 Å². The van der Waals surface area contributed by atoms with Gasteiger partial charge < -0.3 is 11.1 Å². The number of aryl methyl sites for hydroxylation is 1. The number of anilines is 1. The second kappa shape index (κ2) is 7.94. The molecule has 5 heteroatoms. The first-order valence-electron chi connectivity index (χ1n) is 6.41. The normalized spacial score (nSPS) is 13.8. The van der Waals surface area contributed by atoms with Crippen LogP contribution in [-0.4, -0.2) is 28.2 Å². The SMILES string of the molecule is CC(CCS(C)=O)NC(=O)CCc1ccc(N)cc1. The molecular weight excluding hydrogens is 260 g/mol. The minimum atomic E-state index is -0.800. The molecule has 0 saturated carbocycles. The van der Waals surface area contributed by atoms with Crippen molar-refractivity contribution < 1.29 is 9.00 Å². The van der Waals surface area contributed by atoms with Gasteiger partial charge in [0, 0.05) is 41.0 Å². The Bertz CT molecular complexity index is 432. The largest absolute Gasteiger partial charge is 0.399 e. The molecule has 0 heterocycles. The van der Waals surface area contributed by atoms with Crippen LogP contribution < -0.4 is 11.1 Å². The second-order valence-corrected chi connectivity index (χ2v) is 6.33. The van der Waals surface area contributed by atoms with E-state index in [4.69, 9.17) is 5.73 Å². The number of carbonyl (C=O) groups excluding carboxylic acids is 1. The molecule has 1 aromatic carbocycles. The van der Waals surface area contributed by atoms with Gasteiger partial charge in [0.05, 0.1) is 0 Å². The number of hydrogen-bond donors (Lipinski definition) is 2. The lowest BCUT2D eigenvalue weighted by Crippen LogP contribution is -2.33. The van der Waals surface area contributed by atoms with Crippen LogP contribution in [0.15, 0.2) is 24.3 Å². The Morgan fingerprint density at radius 3 is 2.58 bits per heavy atom. The molecule has 0 saturated heterocycles. The molecule has 0 radical (unpaired) electrons. The van der Waals surface area contributed by atoms with E-state index in [2.05, 4.69) is 5.32 Å². The zero-order valence-electron chi connectivity index (χ0n) is 11.5. The molecular formula is C14H22N2O2S. The van der Waals surface area contributed by atoms with Gasteiger partial charge in [-0.05, 0) is 37.5 Å². The van der Waals surface area contributed by atoms with Gasteiger partial charge in [-0.3, -0.25) is 9.00 Å². The number of nitrogens with one attached hydrogen (secondary N) is 1. The van der Waals surface area contributed by atoms with Gasteiger partial charge in [0.25, 0.3) is 0 Å². The Kier molecular flexibility index (Phi) is 6.56. The van der Waals surface area contributed by atoms with Crippen molar-refractivity contribution in [2.45, 2.75) is 32.2 Å². The van der Waals surface area contributed by atoms with Gasteiger partial charge in [0.1, 0.15) is 0 Å². The van der Waals surface area contributed by atoms with Crippen molar-refractivity contribution in [1.29, 1.82) is 0 Å². The maximum atomic E-state index is 11.7. The summed E-state index contributed by atoms with van der Waals surface area (Å²) in [6, 6.07) is 7.63. The van der Waals surface area contributed by atoms with Crippen LogP contribution in [0.5, 0.6) is 0 Å². The number of nitrogen functional groups attached to an aromatic ring is 1. The van der Waals surface area contributed by atoms with Crippen LogP contribution in [0.2, 0.25) is 0 Å². The van der Waals surface area contributed by atoms with E-state index in [0.717, 1.165) is 17.7 Å². The number of amides is 1. The van der Waals surface area contributed by atoms with Crippen LogP contribution in [0.3, 0.4) is 0 Å². The van der Waals surface area contributed by atoms with E-state index in [-0.39, 0.29) is 11.9 Å². The van der Waals surface area contributed by atoms with Crippen LogP contribution in [0.25, 0.3) is 0 Å². The van der Waals surface area contributed by atoms with Gasteiger partial charge in [0.2, 0.25) is 5.91 Å². The quantitative estimate of drug-likeness (QED) is 0.744. The van der Waals surface area contributed by atoms with Crippen molar-refractivity contribution in [2.24, 2.45) is 0 Å². The molecule has 4 nitrogen and oxygen atoms in total. The van der Waals surface area contributed by atoms with Crippen LogP contribution in [0, 0.1) is 0 Å². The van der Waals surface area contributed by atoms with Gasteiger partial charge in [-0.1, -0.05) is 12.1 Å². The summed E-state index contributed by atoms with van der Waals surface area (Å²) in [6.45, 7) is 1.94. The summed E-state index contributed by atoms with van der Waals surface area (Å²) >= 11 is 0. The van der Waals surface area contributed by atoms with Crippen LogP contribution >= 0.6 is 0 Å².